The number of rotatable bonds is 8. The molecular formula is C23H29N5O2. The second kappa shape index (κ2) is 9.17. The van der Waals surface area contributed by atoms with E-state index in [0.717, 1.165) is 35.3 Å². The molecule has 4 rings (SSSR count). The van der Waals surface area contributed by atoms with Gasteiger partial charge in [-0.2, -0.15) is 4.98 Å². The van der Waals surface area contributed by atoms with Gasteiger partial charge in [0.15, 0.2) is 11.5 Å². The number of fused-ring (bicyclic) bond motifs is 1. The largest absolute Gasteiger partial charge is 0.493 e. The zero-order valence-electron chi connectivity index (χ0n) is 17.7. The standard InChI is InChI=1S/C23H29N5O2/c1-27(23-25-19-9-4-3-8-18(19)22(24)26-23)17-10-11-20(29-2)21(16-17)30-15-7-14-28-12-5-6-13-28/h3-4,8-11,16H,5-7,12-15H2,1-2H3,(H2,24,25,26). The van der Waals surface area contributed by atoms with Crippen molar-refractivity contribution in [3.63, 3.8) is 0 Å². The molecule has 2 N–H and O–H groups in total. The van der Waals surface area contributed by atoms with E-state index in [9.17, 15) is 0 Å². The summed E-state index contributed by atoms with van der Waals surface area (Å²) in [4.78, 5) is 13.5. The van der Waals surface area contributed by atoms with Gasteiger partial charge < -0.3 is 25.0 Å². The maximum Gasteiger partial charge on any atom is 0.232 e. The van der Waals surface area contributed by atoms with E-state index in [4.69, 9.17) is 15.2 Å². The number of anilines is 3. The molecule has 1 saturated heterocycles. The zero-order valence-corrected chi connectivity index (χ0v) is 17.7. The molecule has 0 amide bonds. The average Bonchev–Trinajstić information content (AvgIpc) is 3.29. The third kappa shape index (κ3) is 4.41. The lowest BCUT2D eigenvalue weighted by molar-refractivity contribution is 0.254. The number of likely N-dealkylation sites (tertiary alicyclic amines) is 1. The highest BCUT2D eigenvalue weighted by Crippen LogP contribution is 2.34. The summed E-state index contributed by atoms with van der Waals surface area (Å²) in [6.45, 7) is 4.14. The molecule has 0 bridgehead atoms. The van der Waals surface area contributed by atoms with E-state index in [-0.39, 0.29) is 0 Å². The number of hydrogen-bond acceptors (Lipinski definition) is 7. The summed E-state index contributed by atoms with van der Waals surface area (Å²) in [5, 5.41) is 0.853. The van der Waals surface area contributed by atoms with Crippen LogP contribution in [0.15, 0.2) is 42.5 Å². The molecule has 7 nitrogen and oxygen atoms in total. The Labute approximate surface area is 177 Å². The molecule has 2 heterocycles. The van der Waals surface area contributed by atoms with Crippen molar-refractivity contribution in [2.24, 2.45) is 0 Å². The first-order valence-corrected chi connectivity index (χ1v) is 10.4. The normalized spacial score (nSPS) is 14.2. The molecule has 1 aromatic heterocycles. The molecule has 0 atom stereocenters. The van der Waals surface area contributed by atoms with Crippen LogP contribution in [0, 0.1) is 0 Å². The molecule has 30 heavy (non-hydrogen) atoms. The Morgan fingerprint density at radius 1 is 1.07 bits per heavy atom. The van der Waals surface area contributed by atoms with Gasteiger partial charge in [-0.1, -0.05) is 12.1 Å². The van der Waals surface area contributed by atoms with Gasteiger partial charge in [-0.3, -0.25) is 0 Å². The van der Waals surface area contributed by atoms with Crippen LogP contribution in [0.1, 0.15) is 19.3 Å². The molecule has 1 fully saturated rings. The minimum atomic E-state index is 0.467. The monoisotopic (exact) mass is 407 g/mol. The number of nitrogens with zero attached hydrogens (tertiary/aromatic N) is 4. The van der Waals surface area contributed by atoms with Gasteiger partial charge in [0.05, 0.1) is 19.2 Å². The number of ether oxygens (including phenoxy) is 2. The highest BCUT2D eigenvalue weighted by Gasteiger charge is 2.15. The predicted molar refractivity (Wildman–Crippen MR) is 121 cm³/mol. The molecule has 0 saturated carbocycles. The number of para-hydroxylation sites is 1. The number of aromatic nitrogens is 2. The SMILES string of the molecule is COc1ccc(N(C)c2nc(N)c3ccccc3n2)cc1OCCCN1CCCC1. The Kier molecular flexibility index (Phi) is 6.18. The average molecular weight is 408 g/mol. The smallest absolute Gasteiger partial charge is 0.232 e. The van der Waals surface area contributed by atoms with Gasteiger partial charge in [-0.15, -0.1) is 0 Å². The van der Waals surface area contributed by atoms with Crippen LogP contribution in [0.4, 0.5) is 17.5 Å². The quantitative estimate of drug-likeness (QED) is 0.568. The molecule has 2 aromatic carbocycles. The first-order chi connectivity index (χ1) is 14.7. The van der Waals surface area contributed by atoms with E-state index in [1.54, 1.807) is 7.11 Å². The first-order valence-electron chi connectivity index (χ1n) is 10.4. The second-order valence-corrected chi connectivity index (χ2v) is 7.57. The Morgan fingerprint density at radius 2 is 1.87 bits per heavy atom. The van der Waals surface area contributed by atoms with E-state index >= 15 is 0 Å². The topological polar surface area (TPSA) is 76.7 Å². The van der Waals surface area contributed by atoms with Crippen LogP contribution in [0.5, 0.6) is 11.5 Å². The number of nitrogens with two attached hydrogens (primary N) is 1. The van der Waals surface area contributed by atoms with E-state index in [1.165, 1.54) is 25.9 Å². The Balaban J connectivity index is 1.50. The van der Waals surface area contributed by atoms with Crippen LogP contribution in [0.3, 0.4) is 0 Å². The lowest BCUT2D eigenvalue weighted by atomic mass is 10.2. The van der Waals surface area contributed by atoms with Crippen LogP contribution in [0.25, 0.3) is 10.9 Å². The molecular weight excluding hydrogens is 378 g/mol. The third-order valence-corrected chi connectivity index (χ3v) is 5.53. The van der Waals surface area contributed by atoms with Gasteiger partial charge in [0.25, 0.3) is 0 Å². The van der Waals surface area contributed by atoms with Gasteiger partial charge in [-0.25, -0.2) is 4.98 Å². The van der Waals surface area contributed by atoms with Gasteiger partial charge in [0.1, 0.15) is 5.82 Å². The molecule has 0 radical (unpaired) electrons. The highest BCUT2D eigenvalue weighted by molar-refractivity contribution is 5.89. The van der Waals surface area contributed by atoms with Crippen LogP contribution < -0.4 is 20.1 Å². The summed E-state index contributed by atoms with van der Waals surface area (Å²) in [6, 6.07) is 13.6. The number of methoxy groups -OCH3 is 1. The molecule has 7 heteroatoms. The first kappa shape index (κ1) is 20.2. The Morgan fingerprint density at radius 3 is 2.67 bits per heavy atom. The summed E-state index contributed by atoms with van der Waals surface area (Å²) in [5.41, 5.74) is 7.88. The van der Waals surface area contributed by atoms with E-state index in [1.807, 2.05) is 54.4 Å². The number of nitrogen functional groups attached to an aromatic ring is 1. The molecule has 1 aliphatic heterocycles. The summed E-state index contributed by atoms with van der Waals surface area (Å²) in [6.07, 6.45) is 3.61. The Bertz CT molecular complexity index is 1000. The van der Waals surface area contributed by atoms with Crippen molar-refractivity contribution in [3.05, 3.63) is 42.5 Å². The minimum Gasteiger partial charge on any atom is -0.493 e. The van der Waals surface area contributed by atoms with Gasteiger partial charge in [0, 0.05) is 30.7 Å². The van der Waals surface area contributed by atoms with Crippen molar-refractivity contribution in [3.8, 4) is 11.5 Å². The van der Waals surface area contributed by atoms with Crippen molar-refractivity contribution in [2.75, 3.05) is 51.0 Å². The van der Waals surface area contributed by atoms with Crippen molar-refractivity contribution < 1.29 is 9.47 Å². The van der Waals surface area contributed by atoms with Crippen LogP contribution in [-0.4, -0.2) is 55.3 Å². The molecule has 1 aliphatic rings. The maximum atomic E-state index is 6.15. The van der Waals surface area contributed by atoms with Gasteiger partial charge >= 0.3 is 0 Å². The van der Waals surface area contributed by atoms with Gasteiger partial charge in [0.2, 0.25) is 5.95 Å². The molecule has 158 valence electrons. The maximum absolute atomic E-state index is 6.15. The summed E-state index contributed by atoms with van der Waals surface area (Å²) >= 11 is 0. The molecule has 3 aromatic rings. The molecule has 0 unspecified atom stereocenters. The van der Waals surface area contributed by atoms with E-state index < -0.39 is 0 Å². The Hall–Kier alpha value is -3.06. The van der Waals surface area contributed by atoms with E-state index in [2.05, 4.69) is 14.9 Å². The summed E-state index contributed by atoms with van der Waals surface area (Å²) < 4.78 is 11.6. The van der Waals surface area contributed by atoms with Crippen LogP contribution >= 0.6 is 0 Å². The summed E-state index contributed by atoms with van der Waals surface area (Å²) in [5.74, 6) is 2.44. The van der Waals surface area contributed by atoms with Crippen LogP contribution in [-0.2, 0) is 0 Å². The lowest BCUT2D eigenvalue weighted by Crippen LogP contribution is -2.22. The van der Waals surface area contributed by atoms with Gasteiger partial charge in [-0.05, 0) is 56.6 Å². The summed E-state index contributed by atoms with van der Waals surface area (Å²) in [7, 11) is 3.57. The van der Waals surface area contributed by atoms with E-state index in [0.29, 0.717) is 24.1 Å². The number of hydrogen-bond donors (Lipinski definition) is 1. The van der Waals surface area contributed by atoms with Crippen molar-refractivity contribution in [2.45, 2.75) is 19.3 Å². The van der Waals surface area contributed by atoms with Crippen molar-refractivity contribution >= 4 is 28.4 Å². The third-order valence-electron chi connectivity index (χ3n) is 5.53. The predicted octanol–water partition coefficient (Wildman–Crippen LogP) is 3.85. The zero-order chi connectivity index (χ0) is 20.9. The van der Waals surface area contributed by atoms with Crippen molar-refractivity contribution in [1.29, 1.82) is 0 Å². The van der Waals surface area contributed by atoms with Crippen LogP contribution in [0.2, 0.25) is 0 Å². The lowest BCUT2D eigenvalue weighted by Gasteiger charge is -2.20. The fraction of sp³-hybridized carbons (Fsp3) is 0.391. The minimum absolute atomic E-state index is 0.467. The fourth-order valence-electron chi connectivity index (χ4n) is 3.82. The number of benzene rings is 2. The molecule has 0 spiro atoms. The second-order valence-electron chi connectivity index (χ2n) is 7.57. The fourth-order valence-corrected chi connectivity index (χ4v) is 3.82. The molecule has 0 aliphatic carbocycles. The van der Waals surface area contributed by atoms with Crippen molar-refractivity contribution in [1.82, 2.24) is 14.9 Å². The highest BCUT2D eigenvalue weighted by atomic mass is 16.5.